The Hall–Kier alpha value is -2.55. The summed E-state index contributed by atoms with van der Waals surface area (Å²) >= 11 is 0. The lowest BCUT2D eigenvalue weighted by atomic mass is 10.2. The number of halogens is 3. The van der Waals surface area contributed by atoms with Crippen LogP contribution in [-0.2, 0) is 10.9 Å². The van der Waals surface area contributed by atoms with Crippen LogP contribution in [0.5, 0.6) is 0 Å². The lowest BCUT2D eigenvalue weighted by Gasteiger charge is -2.30. The summed E-state index contributed by atoms with van der Waals surface area (Å²) in [5, 5.41) is 9.51. The van der Waals surface area contributed by atoms with Crippen molar-refractivity contribution in [1.82, 2.24) is 9.88 Å². The third-order valence-corrected chi connectivity index (χ3v) is 3.06. The molecule has 1 amide bonds. The van der Waals surface area contributed by atoms with Crippen LogP contribution < -0.4 is 4.90 Å². The summed E-state index contributed by atoms with van der Waals surface area (Å²) in [5.41, 5.74) is -1.31. The predicted molar refractivity (Wildman–Crippen MR) is 84.1 cm³/mol. The van der Waals surface area contributed by atoms with Gasteiger partial charge in [-0.25, -0.2) is 9.78 Å². The van der Waals surface area contributed by atoms with Crippen molar-refractivity contribution in [2.24, 2.45) is 0 Å². The molecule has 2 rings (SSSR count). The summed E-state index contributed by atoms with van der Waals surface area (Å²) in [6.07, 6.45) is -0.314. The summed E-state index contributed by atoms with van der Waals surface area (Å²) in [6.45, 7) is 4.70. The maximum atomic E-state index is 12.6. The molecule has 0 bridgehead atoms. The number of rotatable bonds is 2. The predicted octanol–water partition coefficient (Wildman–Crippen LogP) is 3.46. The third-order valence-electron chi connectivity index (χ3n) is 3.06. The van der Waals surface area contributed by atoms with Gasteiger partial charge >= 0.3 is 12.3 Å². The maximum Gasteiger partial charge on any atom is 0.418 e. The summed E-state index contributed by atoms with van der Waals surface area (Å²) < 4.78 is 43.0. The zero-order valence-electron chi connectivity index (χ0n) is 13.9. The minimum Gasteiger partial charge on any atom is -0.443 e. The van der Waals surface area contributed by atoms with E-state index in [9.17, 15) is 23.1 Å². The van der Waals surface area contributed by atoms with E-state index in [1.165, 1.54) is 29.6 Å². The zero-order valence-corrected chi connectivity index (χ0v) is 13.9. The van der Waals surface area contributed by atoms with Crippen LogP contribution in [0.1, 0.15) is 26.3 Å². The Morgan fingerprint density at radius 2 is 1.92 bits per heavy atom. The number of aliphatic hydroxyl groups excluding tert-OH is 1. The minimum atomic E-state index is -4.48. The van der Waals surface area contributed by atoms with E-state index < -0.39 is 30.0 Å². The first kappa shape index (κ1) is 18.8. The van der Waals surface area contributed by atoms with E-state index in [1.807, 2.05) is 0 Å². The van der Waals surface area contributed by atoms with Crippen molar-refractivity contribution in [2.75, 3.05) is 11.5 Å². The van der Waals surface area contributed by atoms with E-state index in [0.29, 0.717) is 6.20 Å². The van der Waals surface area contributed by atoms with Crippen LogP contribution in [0, 0.1) is 0 Å². The molecule has 1 aliphatic heterocycles. The van der Waals surface area contributed by atoms with Gasteiger partial charge in [0.25, 0.3) is 0 Å². The first-order valence-corrected chi connectivity index (χ1v) is 7.35. The van der Waals surface area contributed by atoms with E-state index in [0.717, 1.165) is 11.0 Å². The second kappa shape index (κ2) is 6.75. The third kappa shape index (κ3) is 4.72. The van der Waals surface area contributed by atoms with Gasteiger partial charge in [-0.3, -0.25) is 4.90 Å². The van der Waals surface area contributed by atoms with Crippen molar-refractivity contribution < 1.29 is 27.8 Å². The smallest absolute Gasteiger partial charge is 0.418 e. The van der Waals surface area contributed by atoms with Crippen LogP contribution in [0.4, 0.5) is 23.8 Å². The first-order valence-electron chi connectivity index (χ1n) is 7.35. The van der Waals surface area contributed by atoms with Crippen LogP contribution in [0.3, 0.4) is 0 Å². The van der Waals surface area contributed by atoms with Crippen LogP contribution in [-0.4, -0.2) is 33.3 Å². The molecule has 0 spiro atoms. The number of aromatic nitrogens is 1. The van der Waals surface area contributed by atoms with Crippen LogP contribution in [0.2, 0.25) is 0 Å². The van der Waals surface area contributed by atoms with E-state index in [1.54, 1.807) is 20.8 Å². The molecule has 0 radical (unpaired) electrons. The number of pyridine rings is 1. The van der Waals surface area contributed by atoms with Crippen molar-refractivity contribution in [2.45, 2.75) is 32.5 Å². The zero-order chi connectivity index (χ0) is 18.8. The maximum absolute atomic E-state index is 12.6. The second-order valence-electron chi connectivity index (χ2n) is 6.24. The monoisotopic (exact) mass is 357 g/mol. The fourth-order valence-corrected chi connectivity index (χ4v) is 1.96. The highest BCUT2D eigenvalue weighted by Crippen LogP contribution is 2.30. The highest BCUT2D eigenvalue weighted by atomic mass is 19.4. The number of carbonyl (C=O) groups excluding carboxylic acids is 1. The largest absolute Gasteiger partial charge is 0.443 e. The molecule has 1 aromatic rings. The van der Waals surface area contributed by atoms with Crippen LogP contribution >= 0.6 is 0 Å². The molecule has 1 aliphatic rings. The van der Waals surface area contributed by atoms with E-state index in [4.69, 9.17) is 4.74 Å². The molecule has 0 aliphatic carbocycles. The molecule has 0 aromatic carbocycles. The van der Waals surface area contributed by atoms with E-state index >= 15 is 0 Å². The molecule has 0 atom stereocenters. The fraction of sp³-hybridized carbons (Fsp3) is 0.375. The van der Waals surface area contributed by atoms with Gasteiger partial charge < -0.3 is 14.7 Å². The Bertz CT molecular complexity index is 691. The lowest BCUT2D eigenvalue weighted by Crippen LogP contribution is -2.35. The van der Waals surface area contributed by atoms with Crippen molar-refractivity contribution >= 4 is 11.9 Å². The molecule has 2 heterocycles. The van der Waals surface area contributed by atoms with Gasteiger partial charge in [-0.05, 0) is 32.9 Å². The summed E-state index contributed by atoms with van der Waals surface area (Å²) in [6, 6.07) is 2.07. The van der Waals surface area contributed by atoms with Gasteiger partial charge in [0.15, 0.2) is 0 Å². The van der Waals surface area contributed by atoms with E-state index in [-0.39, 0.29) is 11.5 Å². The Balaban J connectivity index is 2.20. The highest BCUT2D eigenvalue weighted by Gasteiger charge is 2.31. The Labute approximate surface area is 142 Å². The number of carbonyl (C=O) groups is 1. The standard InChI is InChI=1S/C16H18F3N3O3/c1-15(2,3)25-14(24)21-6-7-22(12(9-21)10-23)13-5-4-11(8-20-13)16(17,18)19/h4-9,23H,10H2,1-3H3. The molecule has 6 nitrogen and oxygen atoms in total. The van der Waals surface area contributed by atoms with Gasteiger partial charge in [-0.15, -0.1) is 0 Å². The summed E-state index contributed by atoms with van der Waals surface area (Å²) in [7, 11) is 0. The van der Waals surface area contributed by atoms with E-state index in [2.05, 4.69) is 4.98 Å². The average Bonchev–Trinajstić information content (AvgIpc) is 2.52. The van der Waals surface area contributed by atoms with Crippen LogP contribution in [0.15, 0.2) is 42.6 Å². The molecular formula is C16H18F3N3O3. The number of nitrogens with zero attached hydrogens (tertiary/aromatic N) is 3. The number of ether oxygens (including phenoxy) is 1. The topological polar surface area (TPSA) is 65.9 Å². The van der Waals surface area contributed by atoms with Gasteiger partial charge in [0.2, 0.25) is 0 Å². The normalized spacial score (nSPS) is 15.2. The molecule has 9 heteroatoms. The molecule has 0 unspecified atom stereocenters. The van der Waals surface area contributed by atoms with Crippen molar-refractivity contribution in [3.63, 3.8) is 0 Å². The van der Waals surface area contributed by atoms with Crippen molar-refractivity contribution in [1.29, 1.82) is 0 Å². The molecule has 25 heavy (non-hydrogen) atoms. The number of anilines is 1. The van der Waals surface area contributed by atoms with Crippen molar-refractivity contribution in [3.8, 4) is 0 Å². The van der Waals surface area contributed by atoms with Crippen LogP contribution in [0.25, 0.3) is 0 Å². The number of hydrogen-bond acceptors (Lipinski definition) is 5. The number of aliphatic hydroxyl groups is 1. The van der Waals surface area contributed by atoms with Gasteiger partial charge in [0.1, 0.15) is 11.4 Å². The van der Waals surface area contributed by atoms with Gasteiger partial charge in [-0.2, -0.15) is 13.2 Å². The average molecular weight is 357 g/mol. The summed E-state index contributed by atoms with van der Waals surface area (Å²) in [5.74, 6) is 0.174. The molecule has 0 fully saturated rings. The second-order valence-corrected chi connectivity index (χ2v) is 6.24. The van der Waals surface area contributed by atoms with Crippen molar-refractivity contribution in [3.05, 3.63) is 48.2 Å². The number of alkyl halides is 3. The lowest BCUT2D eigenvalue weighted by molar-refractivity contribution is -0.137. The Morgan fingerprint density at radius 3 is 2.40 bits per heavy atom. The quantitative estimate of drug-likeness (QED) is 0.878. The molecule has 136 valence electrons. The SMILES string of the molecule is CC(C)(C)OC(=O)N1C=CN(c2ccc(C(F)(F)F)cn2)C(CO)=C1. The fourth-order valence-electron chi connectivity index (χ4n) is 1.96. The molecular weight excluding hydrogens is 339 g/mol. The summed E-state index contributed by atoms with van der Waals surface area (Å²) in [4.78, 5) is 18.3. The highest BCUT2D eigenvalue weighted by molar-refractivity contribution is 5.72. The number of hydrogen-bond donors (Lipinski definition) is 1. The van der Waals surface area contributed by atoms with Gasteiger partial charge in [-0.1, -0.05) is 0 Å². The molecule has 1 N–H and O–H groups in total. The number of amides is 1. The first-order chi connectivity index (χ1) is 11.5. The minimum absolute atomic E-state index is 0.174. The molecule has 1 aromatic heterocycles. The molecule has 0 saturated carbocycles. The Kier molecular flexibility index (Phi) is 5.07. The molecule has 0 saturated heterocycles. The van der Waals surface area contributed by atoms with Gasteiger partial charge in [0, 0.05) is 24.8 Å². The Morgan fingerprint density at radius 1 is 1.24 bits per heavy atom. The van der Waals surface area contributed by atoms with Gasteiger partial charge in [0.05, 0.1) is 17.9 Å².